The number of rotatable bonds is 5. The molecule has 0 spiro atoms. The first-order chi connectivity index (χ1) is 7.69. The van der Waals surface area contributed by atoms with Gasteiger partial charge in [0, 0.05) is 19.3 Å². The summed E-state index contributed by atoms with van der Waals surface area (Å²) in [6.07, 6.45) is 3.72. The minimum Gasteiger partial charge on any atom is -0.381 e. The topological polar surface area (TPSA) is 64.4 Å². The first kappa shape index (κ1) is 16.7. The van der Waals surface area contributed by atoms with Crippen LogP contribution in [0.1, 0.15) is 39.5 Å². The highest BCUT2D eigenvalue weighted by molar-refractivity contribution is 5.85. The molecule has 102 valence electrons. The van der Waals surface area contributed by atoms with Crippen LogP contribution in [0.5, 0.6) is 0 Å². The van der Waals surface area contributed by atoms with E-state index in [4.69, 9.17) is 10.5 Å². The Labute approximate surface area is 110 Å². The number of halogens is 1. The van der Waals surface area contributed by atoms with Crippen LogP contribution in [0.15, 0.2) is 0 Å². The molecule has 1 atom stereocenters. The average molecular weight is 265 g/mol. The molecule has 0 saturated carbocycles. The van der Waals surface area contributed by atoms with Crippen LogP contribution in [0.4, 0.5) is 0 Å². The summed E-state index contributed by atoms with van der Waals surface area (Å²) >= 11 is 0. The summed E-state index contributed by atoms with van der Waals surface area (Å²) in [4.78, 5) is 11.9. The molecule has 1 rings (SSSR count). The zero-order valence-electron chi connectivity index (χ0n) is 10.8. The van der Waals surface area contributed by atoms with Gasteiger partial charge in [0.25, 0.3) is 0 Å². The maximum Gasteiger partial charge on any atom is 0.237 e. The molecule has 1 amide bonds. The summed E-state index contributed by atoms with van der Waals surface area (Å²) in [5, 5.41) is 3.01. The van der Waals surface area contributed by atoms with Crippen LogP contribution >= 0.6 is 12.4 Å². The normalized spacial score (nSPS) is 18.6. The quantitative estimate of drug-likeness (QED) is 0.790. The standard InChI is InChI=1S/C12H24N2O2.ClH/c1-3-10(4-2)14-12(15)11(13)9-5-7-16-8-6-9;/h9-11H,3-8,13H2,1-2H3,(H,14,15);1H. The van der Waals surface area contributed by atoms with E-state index in [0.29, 0.717) is 0 Å². The number of amides is 1. The van der Waals surface area contributed by atoms with Crippen molar-refractivity contribution in [2.45, 2.75) is 51.6 Å². The number of carbonyl (C=O) groups excluding carboxylic acids is 1. The minimum absolute atomic E-state index is 0. The Morgan fingerprint density at radius 1 is 1.35 bits per heavy atom. The fourth-order valence-corrected chi connectivity index (χ4v) is 2.08. The van der Waals surface area contributed by atoms with Crippen molar-refractivity contribution in [1.82, 2.24) is 5.32 Å². The third kappa shape index (κ3) is 5.23. The zero-order valence-corrected chi connectivity index (χ0v) is 11.6. The maximum absolute atomic E-state index is 11.9. The highest BCUT2D eigenvalue weighted by Crippen LogP contribution is 2.17. The lowest BCUT2D eigenvalue weighted by molar-refractivity contribution is -0.125. The summed E-state index contributed by atoms with van der Waals surface area (Å²) in [6.45, 7) is 5.62. The van der Waals surface area contributed by atoms with Gasteiger partial charge >= 0.3 is 0 Å². The molecule has 0 aliphatic carbocycles. The second-order valence-electron chi connectivity index (χ2n) is 4.50. The lowest BCUT2D eigenvalue weighted by Gasteiger charge is -2.28. The van der Waals surface area contributed by atoms with Gasteiger partial charge in [0.1, 0.15) is 0 Å². The van der Waals surface area contributed by atoms with Gasteiger partial charge < -0.3 is 15.8 Å². The maximum atomic E-state index is 11.9. The van der Waals surface area contributed by atoms with Crippen LogP contribution in [-0.2, 0) is 9.53 Å². The van der Waals surface area contributed by atoms with Crippen molar-refractivity contribution in [3.8, 4) is 0 Å². The largest absolute Gasteiger partial charge is 0.381 e. The van der Waals surface area contributed by atoms with Crippen molar-refractivity contribution in [3.63, 3.8) is 0 Å². The van der Waals surface area contributed by atoms with Crippen molar-refractivity contribution in [2.24, 2.45) is 11.7 Å². The lowest BCUT2D eigenvalue weighted by atomic mass is 9.91. The van der Waals surface area contributed by atoms with Gasteiger partial charge in [0.15, 0.2) is 0 Å². The smallest absolute Gasteiger partial charge is 0.237 e. The molecule has 5 heteroatoms. The first-order valence-corrected chi connectivity index (χ1v) is 6.32. The van der Waals surface area contributed by atoms with E-state index in [9.17, 15) is 4.79 Å². The summed E-state index contributed by atoms with van der Waals surface area (Å²) in [6, 6.07) is -0.108. The SMILES string of the molecule is CCC(CC)NC(=O)C(N)C1CCOCC1.Cl. The van der Waals surface area contributed by atoms with E-state index < -0.39 is 0 Å². The van der Waals surface area contributed by atoms with Gasteiger partial charge in [-0.2, -0.15) is 0 Å². The van der Waals surface area contributed by atoms with Crippen LogP contribution in [0, 0.1) is 5.92 Å². The monoisotopic (exact) mass is 264 g/mol. The van der Waals surface area contributed by atoms with Crippen LogP contribution in [0.3, 0.4) is 0 Å². The van der Waals surface area contributed by atoms with Crippen molar-refractivity contribution in [1.29, 1.82) is 0 Å². The first-order valence-electron chi connectivity index (χ1n) is 6.32. The van der Waals surface area contributed by atoms with Gasteiger partial charge in [-0.05, 0) is 31.6 Å². The number of carbonyl (C=O) groups is 1. The molecule has 1 fully saturated rings. The molecule has 1 aliphatic heterocycles. The van der Waals surface area contributed by atoms with E-state index in [1.807, 2.05) is 0 Å². The molecular formula is C12H25ClN2O2. The van der Waals surface area contributed by atoms with Gasteiger partial charge in [-0.15, -0.1) is 12.4 Å². The molecule has 4 nitrogen and oxygen atoms in total. The van der Waals surface area contributed by atoms with Crippen molar-refractivity contribution in [2.75, 3.05) is 13.2 Å². The van der Waals surface area contributed by atoms with Crippen LogP contribution < -0.4 is 11.1 Å². The Hall–Kier alpha value is -0.320. The Balaban J connectivity index is 0.00000256. The van der Waals surface area contributed by atoms with Crippen molar-refractivity contribution in [3.05, 3.63) is 0 Å². The molecular weight excluding hydrogens is 240 g/mol. The van der Waals surface area contributed by atoms with Gasteiger partial charge in [0.05, 0.1) is 6.04 Å². The van der Waals surface area contributed by atoms with Gasteiger partial charge in [-0.25, -0.2) is 0 Å². The zero-order chi connectivity index (χ0) is 12.0. The second kappa shape index (κ2) is 8.72. The molecule has 3 N–H and O–H groups in total. The van der Waals surface area contributed by atoms with Gasteiger partial charge in [-0.1, -0.05) is 13.8 Å². The summed E-state index contributed by atoms with van der Waals surface area (Å²) < 4.78 is 5.27. The predicted molar refractivity (Wildman–Crippen MR) is 71.3 cm³/mol. The molecule has 1 unspecified atom stereocenters. The number of nitrogens with one attached hydrogen (secondary N) is 1. The summed E-state index contributed by atoms with van der Waals surface area (Å²) in [5.74, 6) is 0.281. The summed E-state index contributed by atoms with van der Waals surface area (Å²) in [5.41, 5.74) is 5.98. The van der Waals surface area contributed by atoms with Gasteiger partial charge in [-0.3, -0.25) is 4.79 Å². The molecule has 1 aliphatic rings. The van der Waals surface area contributed by atoms with Crippen LogP contribution in [-0.4, -0.2) is 31.2 Å². The molecule has 17 heavy (non-hydrogen) atoms. The second-order valence-corrected chi connectivity index (χ2v) is 4.50. The Bertz CT molecular complexity index is 217. The number of hydrogen-bond acceptors (Lipinski definition) is 3. The predicted octanol–water partition coefficient (Wildman–Crippen LogP) is 1.47. The van der Waals surface area contributed by atoms with Crippen molar-refractivity contribution >= 4 is 18.3 Å². The van der Waals surface area contributed by atoms with E-state index in [2.05, 4.69) is 19.2 Å². The Kier molecular flexibility index (Phi) is 8.56. The number of nitrogens with two attached hydrogens (primary N) is 1. The van der Waals surface area contributed by atoms with Crippen LogP contribution in [0.25, 0.3) is 0 Å². The third-order valence-corrected chi connectivity index (χ3v) is 3.41. The van der Waals surface area contributed by atoms with E-state index in [1.165, 1.54) is 0 Å². The van der Waals surface area contributed by atoms with E-state index >= 15 is 0 Å². The van der Waals surface area contributed by atoms with E-state index in [1.54, 1.807) is 0 Å². The number of ether oxygens (including phenoxy) is 1. The summed E-state index contributed by atoms with van der Waals surface area (Å²) in [7, 11) is 0. The highest BCUT2D eigenvalue weighted by atomic mass is 35.5. The lowest BCUT2D eigenvalue weighted by Crippen LogP contribution is -2.49. The molecule has 0 aromatic rings. The van der Waals surface area contributed by atoms with Crippen molar-refractivity contribution < 1.29 is 9.53 Å². The molecule has 1 heterocycles. The van der Waals surface area contributed by atoms with Crippen LogP contribution in [0.2, 0.25) is 0 Å². The fourth-order valence-electron chi connectivity index (χ4n) is 2.08. The van der Waals surface area contributed by atoms with E-state index in [-0.39, 0.29) is 36.3 Å². The Morgan fingerprint density at radius 2 is 1.88 bits per heavy atom. The molecule has 0 bridgehead atoms. The molecule has 0 aromatic carbocycles. The Morgan fingerprint density at radius 3 is 2.35 bits per heavy atom. The fraction of sp³-hybridized carbons (Fsp3) is 0.917. The van der Waals surface area contributed by atoms with E-state index in [0.717, 1.165) is 38.9 Å². The number of hydrogen-bond donors (Lipinski definition) is 2. The third-order valence-electron chi connectivity index (χ3n) is 3.41. The molecule has 0 radical (unpaired) electrons. The average Bonchev–Trinajstić information content (AvgIpc) is 2.35. The molecule has 0 aromatic heterocycles. The minimum atomic E-state index is -0.371. The highest BCUT2D eigenvalue weighted by Gasteiger charge is 2.27. The molecule has 1 saturated heterocycles. The van der Waals surface area contributed by atoms with Gasteiger partial charge in [0.2, 0.25) is 5.91 Å².